The highest BCUT2D eigenvalue weighted by Crippen LogP contribution is 2.30. The van der Waals surface area contributed by atoms with Crippen LogP contribution >= 0.6 is 0 Å². The maximum absolute atomic E-state index is 8.94. The number of H-pyrrole nitrogens is 1. The lowest BCUT2D eigenvalue weighted by Gasteiger charge is -2.06. The second kappa shape index (κ2) is 4.71. The van der Waals surface area contributed by atoms with Gasteiger partial charge in [0.2, 0.25) is 0 Å². The van der Waals surface area contributed by atoms with E-state index in [1.54, 1.807) is 19.2 Å². The lowest BCUT2D eigenvalue weighted by molar-refractivity contribution is 0.416. The number of hydrogen-bond donors (Lipinski definition) is 1. The zero-order valence-corrected chi connectivity index (χ0v) is 11.3. The van der Waals surface area contributed by atoms with Crippen LogP contribution in [0.2, 0.25) is 0 Å². The summed E-state index contributed by atoms with van der Waals surface area (Å²) in [6.07, 6.45) is 0. The van der Waals surface area contributed by atoms with Crippen LogP contribution in [0, 0.1) is 18.3 Å². The Hall–Kier alpha value is -2.80. The molecule has 1 aromatic heterocycles. The Bertz CT molecular complexity index is 827. The van der Waals surface area contributed by atoms with Gasteiger partial charge in [-0.05, 0) is 37.3 Å². The van der Waals surface area contributed by atoms with Gasteiger partial charge in [0.1, 0.15) is 11.6 Å². The average Bonchev–Trinajstić information content (AvgIpc) is 2.89. The largest absolute Gasteiger partial charge is 0.496 e. The molecule has 0 saturated heterocycles. The number of nitrogens with zero attached hydrogens (tertiary/aromatic N) is 2. The lowest BCUT2D eigenvalue weighted by atomic mass is 10.1. The van der Waals surface area contributed by atoms with Crippen LogP contribution in [-0.2, 0) is 0 Å². The zero-order valence-electron chi connectivity index (χ0n) is 11.3. The SMILES string of the molecule is COc1ccc(C)cc1-c1nc2ccc(C#N)cc2[nH]1. The van der Waals surface area contributed by atoms with Gasteiger partial charge in [0.05, 0.1) is 35.3 Å². The van der Waals surface area contributed by atoms with Crippen molar-refractivity contribution >= 4 is 11.0 Å². The van der Waals surface area contributed by atoms with Crippen LogP contribution in [0.5, 0.6) is 5.75 Å². The number of fused-ring (bicyclic) bond motifs is 1. The number of hydrogen-bond acceptors (Lipinski definition) is 3. The summed E-state index contributed by atoms with van der Waals surface area (Å²) in [6.45, 7) is 2.03. The first-order valence-electron chi connectivity index (χ1n) is 6.26. The lowest BCUT2D eigenvalue weighted by Crippen LogP contribution is -1.90. The van der Waals surface area contributed by atoms with Gasteiger partial charge in [0.25, 0.3) is 0 Å². The first-order valence-corrected chi connectivity index (χ1v) is 6.26. The molecule has 0 bridgehead atoms. The fraction of sp³-hybridized carbons (Fsp3) is 0.125. The predicted octanol–water partition coefficient (Wildman–Crippen LogP) is 3.42. The van der Waals surface area contributed by atoms with Crippen molar-refractivity contribution in [1.29, 1.82) is 5.26 Å². The molecule has 2 aromatic carbocycles. The Labute approximate surface area is 116 Å². The van der Waals surface area contributed by atoms with E-state index in [0.717, 1.165) is 33.7 Å². The van der Waals surface area contributed by atoms with Crippen molar-refractivity contribution in [3.8, 4) is 23.2 Å². The van der Waals surface area contributed by atoms with Crippen molar-refractivity contribution in [3.63, 3.8) is 0 Å². The molecule has 0 aliphatic rings. The van der Waals surface area contributed by atoms with Gasteiger partial charge >= 0.3 is 0 Å². The number of aryl methyl sites for hydroxylation is 1. The van der Waals surface area contributed by atoms with Crippen molar-refractivity contribution in [1.82, 2.24) is 9.97 Å². The smallest absolute Gasteiger partial charge is 0.142 e. The summed E-state index contributed by atoms with van der Waals surface area (Å²) in [5, 5.41) is 8.94. The quantitative estimate of drug-likeness (QED) is 0.770. The third-order valence-corrected chi connectivity index (χ3v) is 3.22. The summed E-state index contributed by atoms with van der Waals surface area (Å²) >= 11 is 0. The molecular weight excluding hydrogens is 250 g/mol. The zero-order chi connectivity index (χ0) is 14.1. The number of rotatable bonds is 2. The van der Waals surface area contributed by atoms with Crippen molar-refractivity contribution in [2.75, 3.05) is 7.11 Å². The third-order valence-electron chi connectivity index (χ3n) is 3.22. The number of nitriles is 1. The fourth-order valence-corrected chi connectivity index (χ4v) is 2.21. The number of imidazole rings is 1. The average molecular weight is 263 g/mol. The highest BCUT2D eigenvalue weighted by atomic mass is 16.5. The maximum atomic E-state index is 8.94. The first kappa shape index (κ1) is 12.2. The van der Waals surface area contributed by atoms with Gasteiger partial charge in [-0.3, -0.25) is 0 Å². The minimum Gasteiger partial charge on any atom is -0.496 e. The summed E-state index contributed by atoms with van der Waals surface area (Å²) in [5.74, 6) is 1.52. The van der Waals surface area contributed by atoms with E-state index in [-0.39, 0.29) is 0 Å². The highest BCUT2D eigenvalue weighted by molar-refractivity contribution is 5.82. The van der Waals surface area contributed by atoms with Crippen LogP contribution in [0.25, 0.3) is 22.4 Å². The molecule has 0 unspecified atom stereocenters. The van der Waals surface area contributed by atoms with E-state index in [1.165, 1.54) is 0 Å². The molecule has 0 atom stereocenters. The van der Waals surface area contributed by atoms with Crippen LogP contribution in [-0.4, -0.2) is 17.1 Å². The Morgan fingerprint density at radius 1 is 1.20 bits per heavy atom. The van der Waals surface area contributed by atoms with E-state index < -0.39 is 0 Å². The van der Waals surface area contributed by atoms with Gasteiger partial charge in [0, 0.05) is 0 Å². The van der Waals surface area contributed by atoms with Gasteiger partial charge in [-0.25, -0.2) is 4.98 Å². The summed E-state index contributed by atoms with van der Waals surface area (Å²) in [6, 6.07) is 13.5. The van der Waals surface area contributed by atoms with Gasteiger partial charge in [-0.2, -0.15) is 5.26 Å². The molecule has 0 spiro atoms. The van der Waals surface area contributed by atoms with Crippen LogP contribution in [0.15, 0.2) is 36.4 Å². The number of ether oxygens (including phenoxy) is 1. The molecule has 0 aliphatic carbocycles. The summed E-state index contributed by atoms with van der Waals surface area (Å²) in [4.78, 5) is 7.81. The summed E-state index contributed by atoms with van der Waals surface area (Å²) < 4.78 is 5.38. The predicted molar refractivity (Wildman–Crippen MR) is 77.5 cm³/mol. The van der Waals surface area contributed by atoms with Crippen LogP contribution in [0.1, 0.15) is 11.1 Å². The maximum Gasteiger partial charge on any atom is 0.142 e. The number of benzene rings is 2. The molecular formula is C16H13N3O. The second-order valence-corrected chi connectivity index (χ2v) is 4.63. The normalized spacial score (nSPS) is 10.4. The molecule has 1 heterocycles. The molecule has 20 heavy (non-hydrogen) atoms. The standard InChI is InChI=1S/C16H13N3O/c1-10-3-6-15(20-2)12(7-10)16-18-13-5-4-11(9-17)8-14(13)19-16/h3-8H,1-2H3,(H,18,19). The molecule has 0 fully saturated rings. The van der Waals surface area contributed by atoms with Gasteiger partial charge < -0.3 is 9.72 Å². The Kier molecular flexibility index (Phi) is 2.88. The molecule has 3 rings (SSSR count). The fourth-order valence-electron chi connectivity index (χ4n) is 2.21. The van der Waals surface area contributed by atoms with E-state index in [4.69, 9.17) is 10.00 Å². The molecule has 0 radical (unpaired) electrons. The molecule has 98 valence electrons. The third kappa shape index (κ3) is 1.99. The molecule has 0 saturated carbocycles. The van der Waals surface area contributed by atoms with Crippen molar-refractivity contribution < 1.29 is 4.74 Å². The van der Waals surface area contributed by atoms with Crippen LogP contribution < -0.4 is 4.74 Å². The van der Waals surface area contributed by atoms with Crippen LogP contribution in [0.4, 0.5) is 0 Å². The van der Waals surface area contributed by atoms with Crippen molar-refractivity contribution in [2.45, 2.75) is 6.92 Å². The molecule has 3 aromatic rings. The number of aromatic amines is 1. The van der Waals surface area contributed by atoms with Gasteiger partial charge in [-0.1, -0.05) is 11.6 Å². The molecule has 4 nitrogen and oxygen atoms in total. The van der Waals surface area contributed by atoms with E-state index in [2.05, 4.69) is 16.0 Å². The second-order valence-electron chi connectivity index (χ2n) is 4.63. The van der Waals surface area contributed by atoms with E-state index >= 15 is 0 Å². The highest BCUT2D eigenvalue weighted by Gasteiger charge is 2.11. The number of nitrogens with one attached hydrogen (secondary N) is 1. The van der Waals surface area contributed by atoms with Crippen LogP contribution in [0.3, 0.4) is 0 Å². The summed E-state index contributed by atoms with van der Waals surface area (Å²) in [5.41, 5.74) is 4.36. The van der Waals surface area contributed by atoms with Crippen molar-refractivity contribution in [2.24, 2.45) is 0 Å². The monoisotopic (exact) mass is 263 g/mol. The number of methoxy groups -OCH3 is 1. The van der Waals surface area contributed by atoms with Gasteiger partial charge in [-0.15, -0.1) is 0 Å². The Balaban J connectivity index is 2.20. The van der Waals surface area contributed by atoms with E-state index in [9.17, 15) is 0 Å². The minimum absolute atomic E-state index is 0.615. The van der Waals surface area contributed by atoms with Gasteiger partial charge in [0.15, 0.2) is 0 Å². The number of aromatic nitrogens is 2. The molecule has 1 N–H and O–H groups in total. The minimum atomic E-state index is 0.615. The summed E-state index contributed by atoms with van der Waals surface area (Å²) in [7, 11) is 1.64. The first-order chi connectivity index (χ1) is 9.71. The Morgan fingerprint density at radius 2 is 2.05 bits per heavy atom. The molecule has 0 amide bonds. The topological polar surface area (TPSA) is 61.7 Å². The van der Waals surface area contributed by atoms with Crippen molar-refractivity contribution in [3.05, 3.63) is 47.5 Å². The molecule has 4 heteroatoms. The van der Waals surface area contributed by atoms with E-state index in [1.807, 2.05) is 31.2 Å². The molecule has 0 aliphatic heterocycles. The Morgan fingerprint density at radius 3 is 2.80 bits per heavy atom. The van der Waals surface area contributed by atoms with E-state index in [0.29, 0.717) is 5.56 Å².